The van der Waals surface area contributed by atoms with E-state index in [2.05, 4.69) is 5.32 Å². The maximum atomic E-state index is 12.4. The first-order valence-corrected chi connectivity index (χ1v) is 9.10. The standard InChI is InChI=1S/C17H21Cl2N3O2/c18-13-3-4-14(19)15(11-13)20-16(23)12-5-9-22(10-6-12)17(24)21-7-1-2-8-21/h3-4,11-12H,1-2,5-10H2,(H,20,23). The van der Waals surface area contributed by atoms with Gasteiger partial charge in [-0.25, -0.2) is 4.79 Å². The molecule has 2 fully saturated rings. The third kappa shape index (κ3) is 3.95. The Morgan fingerprint density at radius 3 is 2.29 bits per heavy atom. The number of benzene rings is 1. The molecular formula is C17H21Cl2N3O2. The Labute approximate surface area is 151 Å². The smallest absolute Gasteiger partial charge is 0.319 e. The van der Waals surface area contributed by atoms with Gasteiger partial charge in [0.25, 0.3) is 0 Å². The Kier molecular flexibility index (Phi) is 5.51. The maximum absolute atomic E-state index is 12.4. The zero-order valence-corrected chi connectivity index (χ0v) is 14.9. The minimum Gasteiger partial charge on any atom is -0.325 e. The van der Waals surface area contributed by atoms with Gasteiger partial charge in [-0.1, -0.05) is 23.2 Å². The number of carbonyl (C=O) groups is 2. The fraction of sp³-hybridized carbons (Fsp3) is 0.529. The molecule has 2 heterocycles. The average molecular weight is 370 g/mol. The van der Waals surface area contributed by atoms with Crippen LogP contribution >= 0.6 is 23.2 Å². The zero-order valence-electron chi connectivity index (χ0n) is 13.4. The number of rotatable bonds is 2. The first-order valence-electron chi connectivity index (χ1n) is 8.34. The topological polar surface area (TPSA) is 52.7 Å². The lowest BCUT2D eigenvalue weighted by Crippen LogP contribution is -2.47. The molecule has 130 valence electrons. The van der Waals surface area contributed by atoms with E-state index in [0.29, 0.717) is 41.7 Å². The molecule has 0 radical (unpaired) electrons. The molecule has 24 heavy (non-hydrogen) atoms. The monoisotopic (exact) mass is 369 g/mol. The Hall–Kier alpha value is -1.46. The molecule has 2 aliphatic heterocycles. The van der Waals surface area contributed by atoms with Crippen LogP contribution in [0.15, 0.2) is 18.2 Å². The number of amides is 3. The summed E-state index contributed by atoms with van der Waals surface area (Å²) in [6.07, 6.45) is 3.52. The van der Waals surface area contributed by atoms with Gasteiger partial charge in [-0.2, -0.15) is 0 Å². The predicted molar refractivity (Wildman–Crippen MR) is 95.6 cm³/mol. The summed E-state index contributed by atoms with van der Waals surface area (Å²) in [5, 5.41) is 3.85. The molecular weight excluding hydrogens is 349 g/mol. The van der Waals surface area contributed by atoms with Gasteiger partial charge < -0.3 is 15.1 Å². The van der Waals surface area contributed by atoms with Crippen LogP contribution in [0.1, 0.15) is 25.7 Å². The number of urea groups is 1. The van der Waals surface area contributed by atoms with Crippen molar-refractivity contribution in [2.75, 3.05) is 31.5 Å². The lowest BCUT2D eigenvalue weighted by atomic mass is 9.96. The van der Waals surface area contributed by atoms with E-state index in [-0.39, 0.29) is 17.9 Å². The highest BCUT2D eigenvalue weighted by molar-refractivity contribution is 6.35. The number of halogens is 2. The Morgan fingerprint density at radius 1 is 1.00 bits per heavy atom. The minimum absolute atomic E-state index is 0.0626. The number of nitrogens with zero attached hydrogens (tertiary/aromatic N) is 2. The summed E-state index contributed by atoms with van der Waals surface area (Å²) in [5.74, 6) is -0.171. The average Bonchev–Trinajstić information content (AvgIpc) is 3.12. The van der Waals surface area contributed by atoms with Crippen molar-refractivity contribution in [3.8, 4) is 0 Å². The number of nitrogens with one attached hydrogen (secondary N) is 1. The first-order chi connectivity index (χ1) is 11.5. The quantitative estimate of drug-likeness (QED) is 0.860. The fourth-order valence-corrected chi connectivity index (χ4v) is 3.61. The Balaban J connectivity index is 1.53. The number of piperidine rings is 1. The van der Waals surface area contributed by atoms with Gasteiger partial charge in [0.2, 0.25) is 5.91 Å². The molecule has 3 amide bonds. The minimum atomic E-state index is -0.109. The molecule has 0 spiro atoms. The van der Waals surface area contributed by atoms with Crippen LogP contribution in [0.4, 0.5) is 10.5 Å². The van der Waals surface area contributed by atoms with Crippen molar-refractivity contribution in [2.24, 2.45) is 5.92 Å². The van der Waals surface area contributed by atoms with E-state index < -0.39 is 0 Å². The summed E-state index contributed by atoms with van der Waals surface area (Å²) < 4.78 is 0. The van der Waals surface area contributed by atoms with Gasteiger partial charge in [0.1, 0.15) is 0 Å². The third-order valence-electron chi connectivity index (χ3n) is 4.70. The largest absolute Gasteiger partial charge is 0.325 e. The highest BCUT2D eigenvalue weighted by Gasteiger charge is 2.30. The van der Waals surface area contributed by atoms with Gasteiger partial charge in [-0.3, -0.25) is 4.79 Å². The highest BCUT2D eigenvalue weighted by Crippen LogP contribution is 2.27. The van der Waals surface area contributed by atoms with Crippen LogP contribution in [0.2, 0.25) is 10.0 Å². The van der Waals surface area contributed by atoms with E-state index in [0.717, 1.165) is 25.9 Å². The van der Waals surface area contributed by atoms with E-state index in [9.17, 15) is 9.59 Å². The Bertz CT molecular complexity index is 624. The van der Waals surface area contributed by atoms with Gasteiger partial charge in [-0.05, 0) is 43.9 Å². The lowest BCUT2D eigenvalue weighted by Gasteiger charge is -2.34. The number of hydrogen-bond donors (Lipinski definition) is 1. The SMILES string of the molecule is O=C(Nc1cc(Cl)ccc1Cl)C1CCN(C(=O)N2CCCC2)CC1. The molecule has 5 nitrogen and oxygen atoms in total. The summed E-state index contributed by atoms with van der Waals surface area (Å²) in [7, 11) is 0. The molecule has 7 heteroatoms. The fourth-order valence-electron chi connectivity index (χ4n) is 3.27. The second-order valence-electron chi connectivity index (χ2n) is 6.35. The number of likely N-dealkylation sites (tertiary alicyclic amines) is 2. The summed E-state index contributed by atoms with van der Waals surface area (Å²) in [6.45, 7) is 2.95. The lowest BCUT2D eigenvalue weighted by molar-refractivity contribution is -0.121. The molecule has 1 aromatic rings. The van der Waals surface area contributed by atoms with E-state index >= 15 is 0 Å². The van der Waals surface area contributed by atoms with E-state index in [1.54, 1.807) is 18.2 Å². The third-order valence-corrected chi connectivity index (χ3v) is 5.26. The summed E-state index contributed by atoms with van der Waals surface area (Å²) >= 11 is 12.0. The van der Waals surface area contributed by atoms with Gasteiger partial charge in [-0.15, -0.1) is 0 Å². The summed E-state index contributed by atoms with van der Waals surface area (Å²) in [4.78, 5) is 28.6. The van der Waals surface area contributed by atoms with Gasteiger partial charge in [0.15, 0.2) is 0 Å². The molecule has 0 bridgehead atoms. The molecule has 0 aromatic heterocycles. The van der Waals surface area contributed by atoms with Crippen molar-refractivity contribution in [3.63, 3.8) is 0 Å². The van der Waals surface area contributed by atoms with Crippen molar-refractivity contribution in [1.29, 1.82) is 0 Å². The van der Waals surface area contributed by atoms with Gasteiger partial charge in [0, 0.05) is 37.1 Å². The number of carbonyl (C=O) groups excluding carboxylic acids is 2. The molecule has 0 atom stereocenters. The second-order valence-corrected chi connectivity index (χ2v) is 7.20. The van der Waals surface area contributed by atoms with E-state index in [1.165, 1.54) is 0 Å². The van der Waals surface area contributed by atoms with Crippen LogP contribution in [0.25, 0.3) is 0 Å². The summed E-state index contributed by atoms with van der Waals surface area (Å²) in [6, 6.07) is 5.11. The number of anilines is 1. The van der Waals surface area contributed by atoms with Crippen molar-refractivity contribution < 1.29 is 9.59 Å². The summed E-state index contributed by atoms with van der Waals surface area (Å²) in [5.41, 5.74) is 0.532. The van der Waals surface area contributed by atoms with E-state index in [4.69, 9.17) is 23.2 Å². The first kappa shape index (κ1) is 17.4. The molecule has 2 aliphatic rings. The highest BCUT2D eigenvalue weighted by atomic mass is 35.5. The molecule has 0 aliphatic carbocycles. The maximum Gasteiger partial charge on any atom is 0.319 e. The van der Waals surface area contributed by atoms with Crippen LogP contribution in [0.5, 0.6) is 0 Å². The second kappa shape index (κ2) is 7.62. The van der Waals surface area contributed by atoms with Crippen LogP contribution in [-0.2, 0) is 4.79 Å². The van der Waals surface area contributed by atoms with Crippen LogP contribution in [-0.4, -0.2) is 47.9 Å². The van der Waals surface area contributed by atoms with Crippen molar-refractivity contribution in [2.45, 2.75) is 25.7 Å². The Morgan fingerprint density at radius 2 is 1.62 bits per heavy atom. The molecule has 0 unspecified atom stereocenters. The molecule has 0 saturated carbocycles. The van der Waals surface area contributed by atoms with Crippen molar-refractivity contribution in [3.05, 3.63) is 28.2 Å². The zero-order chi connectivity index (χ0) is 17.1. The van der Waals surface area contributed by atoms with E-state index in [1.807, 2.05) is 9.80 Å². The molecule has 3 rings (SSSR count). The van der Waals surface area contributed by atoms with Crippen LogP contribution in [0.3, 0.4) is 0 Å². The van der Waals surface area contributed by atoms with Gasteiger partial charge >= 0.3 is 6.03 Å². The molecule has 2 saturated heterocycles. The molecule has 1 N–H and O–H groups in total. The predicted octanol–water partition coefficient (Wildman–Crippen LogP) is 3.86. The number of hydrogen-bond acceptors (Lipinski definition) is 2. The normalized spacial score (nSPS) is 18.8. The molecule has 1 aromatic carbocycles. The van der Waals surface area contributed by atoms with Gasteiger partial charge in [0.05, 0.1) is 10.7 Å². The van der Waals surface area contributed by atoms with Crippen molar-refractivity contribution in [1.82, 2.24) is 9.80 Å². The van der Waals surface area contributed by atoms with Crippen LogP contribution in [0, 0.1) is 5.92 Å². The van der Waals surface area contributed by atoms with Crippen LogP contribution < -0.4 is 5.32 Å². The van der Waals surface area contributed by atoms with Crippen molar-refractivity contribution >= 4 is 40.8 Å².